The van der Waals surface area contributed by atoms with Crippen LogP contribution in [-0.4, -0.2) is 67.7 Å². The van der Waals surface area contributed by atoms with Crippen molar-refractivity contribution in [3.63, 3.8) is 0 Å². The Kier molecular flexibility index (Phi) is 5.38. The van der Waals surface area contributed by atoms with E-state index in [4.69, 9.17) is 14.2 Å². The van der Waals surface area contributed by atoms with Gasteiger partial charge in [0.1, 0.15) is 12.4 Å². The predicted octanol–water partition coefficient (Wildman–Crippen LogP) is 2.14. The van der Waals surface area contributed by atoms with Crippen molar-refractivity contribution in [1.82, 2.24) is 9.80 Å². The summed E-state index contributed by atoms with van der Waals surface area (Å²) >= 11 is 0. The summed E-state index contributed by atoms with van der Waals surface area (Å²) < 4.78 is 16.5. The lowest BCUT2D eigenvalue weighted by molar-refractivity contribution is -0.116. The van der Waals surface area contributed by atoms with Crippen molar-refractivity contribution < 1.29 is 23.8 Å². The van der Waals surface area contributed by atoms with E-state index >= 15 is 0 Å². The Morgan fingerprint density at radius 1 is 1.00 bits per heavy atom. The zero-order chi connectivity index (χ0) is 21.2. The standard InChI is InChI=1S/C23H25N3O5/c27-22-6-2-16-13-17(1-4-19(16)24-22)23(28)26-9-7-25(8-10-26)11-12-29-18-3-5-20-21(14-18)31-15-30-20/h1,3-5,13-14H,2,6-12,15H2,(H,24,27). The normalized spacial score (nSPS) is 17.8. The molecule has 0 radical (unpaired) electrons. The number of amides is 2. The molecule has 0 bridgehead atoms. The molecule has 3 aliphatic heterocycles. The third kappa shape index (κ3) is 4.29. The Bertz CT molecular complexity index is 1000. The molecular formula is C23H25N3O5. The number of piperazine rings is 1. The Balaban J connectivity index is 1.09. The summed E-state index contributed by atoms with van der Waals surface area (Å²) in [6.45, 7) is 4.64. The fourth-order valence-corrected chi connectivity index (χ4v) is 4.13. The van der Waals surface area contributed by atoms with Crippen molar-refractivity contribution in [2.75, 3.05) is 51.4 Å². The predicted molar refractivity (Wildman–Crippen MR) is 114 cm³/mol. The third-order valence-electron chi connectivity index (χ3n) is 5.93. The van der Waals surface area contributed by atoms with E-state index in [-0.39, 0.29) is 18.6 Å². The molecule has 3 aliphatic rings. The summed E-state index contributed by atoms with van der Waals surface area (Å²) in [5, 5.41) is 2.86. The van der Waals surface area contributed by atoms with E-state index in [0.717, 1.165) is 42.4 Å². The summed E-state index contributed by atoms with van der Waals surface area (Å²) in [7, 11) is 0. The molecule has 0 saturated carbocycles. The van der Waals surface area contributed by atoms with Gasteiger partial charge in [-0.25, -0.2) is 0 Å². The number of rotatable bonds is 5. The quantitative estimate of drug-likeness (QED) is 0.794. The highest BCUT2D eigenvalue weighted by Gasteiger charge is 2.24. The largest absolute Gasteiger partial charge is 0.492 e. The maximum Gasteiger partial charge on any atom is 0.253 e. The average molecular weight is 423 g/mol. The van der Waals surface area contributed by atoms with E-state index in [1.807, 2.05) is 35.2 Å². The highest BCUT2D eigenvalue weighted by molar-refractivity contribution is 5.98. The van der Waals surface area contributed by atoms with Crippen LogP contribution in [0.15, 0.2) is 36.4 Å². The van der Waals surface area contributed by atoms with Crippen molar-refractivity contribution in [3.8, 4) is 17.2 Å². The molecule has 1 saturated heterocycles. The number of ether oxygens (including phenoxy) is 3. The van der Waals surface area contributed by atoms with E-state index in [9.17, 15) is 9.59 Å². The maximum atomic E-state index is 12.9. The van der Waals surface area contributed by atoms with E-state index in [1.165, 1.54) is 0 Å². The number of nitrogens with zero attached hydrogens (tertiary/aromatic N) is 2. The van der Waals surface area contributed by atoms with Crippen LogP contribution in [0.4, 0.5) is 5.69 Å². The topological polar surface area (TPSA) is 80.3 Å². The number of nitrogens with one attached hydrogen (secondary N) is 1. The van der Waals surface area contributed by atoms with Crippen molar-refractivity contribution >= 4 is 17.5 Å². The molecule has 1 N–H and O–H groups in total. The molecule has 0 spiro atoms. The first-order chi connectivity index (χ1) is 15.2. The van der Waals surface area contributed by atoms with Crippen molar-refractivity contribution in [2.24, 2.45) is 0 Å². The summed E-state index contributed by atoms with van der Waals surface area (Å²) in [6.07, 6.45) is 1.15. The molecule has 5 rings (SSSR count). The van der Waals surface area contributed by atoms with Gasteiger partial charge in [0.15, 0.2) is 11.5 Å². The van der Waals surface area contributed by atoms with Crippen molar-refractivity contribution in [2.45, 2.75) is 12.8 Å². The van der Waals surface area contributed by atoms with Gasteiger partial charge in [-0.1, -0.05) is 0 Å². The minimum absolute atomic E-state index is 0.0326. The molecule has 2 amide bonds. The van der Waals surface area contributed by atoms with Gasteiger partial charge in [-0.05, 0) is 42.3 Å². The van der Waals surface area contributed by atoms with Crippen LogP contribution in [0, 0.1) is 0 Å². The fraction of sp³-hybridized carbons (Fsp3) is 0.391. The second kappa shape index (κ2) is 8.47. The van der Waals surface area contributed by atoms with Crippen molar-refractivity contribution in [1.29, 1.82) is 0 Å². The minimum Gasteiger partial charge on any atom is -0.492 e. The lowest BCUT2D eigenvalue weighted by Crippen LogP contribution is -2.49. The summed E-state index contributed by atoms with van der Waals surface area (Å²) in [4.78, 5) is 28.6. The van der Waals surface area contributed by atoms with Crippen LogP contribution < -0.4 is 19.5 Å². The van der Waals surface area contributed by atoms with Gasteiger partial charge in [-0.2, -0.15) is 0 Å². The highest BCUT2D eigenvalue weighted by Crippen LogP contribution is 2.35. The average Bonchev–Trinajstić information content (AvgIpc) is 3.27. The lowest BCUT2D eigenvalue weighted by Gasteiger charge is -2.34. The molecule has 8 heteroatoms. The second-order valence-corrected chi connectivity index (χ2v) is 7.92. The van der Waals surface area contributed by atoms with Gasteiger partial charge in [0.25, 0.3) is 5.91 Å². The lowest BCUT2D eigenvalue weighted by atomic mass is 10.00. The van der Waals surface area contributed by atoms with E-state index in [2.05, 4.69) is 10.2 Å². The number of anilines is 1. The summed E-state index contributed by atoms with van der Waals surface area (Å²) in [6, 6.07) is 11.2. The number of hydrogen-bond donors (Lipinski definition) is 1. The van der Waals surface area contributed by atoms with Crippen LogP contribution in [0.1, 0.15) is 22.3 Å². The Morgan fingerprint density at radius 2 is 1.84 bits per heavy atom. The van der Waals surface area contributed by atoms with Crippen LogP contribution in [-0.2, 0) is 11.2 Å². The zero-order valence-corrected chi connectivity index (χ0v) is 17.3. The molecule has 2 aromatic carbocycles. The van der Waals surface area contributed by atoms with Crippen LogP contribution in [0.2, 0.25) is 0 Å². The number of hydrogen-bond acceptors (Lipinski definition) is 6. The van der Waals surface area contributed by atoms with Crippen molar-refractivity contribution in [3.05, 3.63) is 47.5 Å². The number of carbonyl (C=O) groups is 2. The fourth-order valence-electron chi connectivity index (χ4n) is 4.13. The van der Waals surface area contributed by atoms with Crippen LogP contribution in [0.3, 0.4) is 0 Å². The number of benzene rings is 2. The van der Waals surface area contributed by atoms with Gasteiger partial charge in [0.05, 0.1) is 0 Å². The molecule has 2 aromatic rings. The van der Waals surface area contributed by atoms with Crippen LogP contribution in [0.5, 0.6) is 17.2 Å². The molecule has 1 fully saturated rings. The highest BCUT2D eigenvalue weighted by atomic mass is 16.7. The first-order valence-electron chi connectivity index (χ1n) is 10.6. The molecule has 3 heterocycles. The molecule has 0 aromatic heterocycles. The Hall–Kier alpha value is -3.26. The van der Waals surface area contributed by atoms with Crippen LogP contribution >= 0.6 is 0 Å². The second-order valence-electron chi connectivity index (χ2n) is 7.92. The number of carbonyl (C=O) groups excluding carboxylic acids is 2. The van der Waals surface area contributed by atoms with Crippen LogP contribution in [0.25, 0.3) is 0 Å². The smallest absolute Gasteiger partial charge is 0.253 e. The SMILES string of the molecule is O=C1CCc2cc(C(=O)N3CCN(CCOc4ccc5c(c4)OCO5)CC3)ccc2N1. The van der Waals surface area contributed by atoms with Gasteiger partial charge in [-0.15, -0.1) is 0 Å². The van der Waals surface area contributed by atoms with Gasteiger partial charge >= 0.3 is 0 Å². The van der Waals surface area contributed by atoms with Gasteiger partial charge < -0.3 is 24.4 Å². The number of aryl methyl sites for hydroxylation is 1. The Labute approximate surface area is 180 Å². The van der Waals surface area contributed by atoms with Gasteiger partial charge in [-0.3, -0.25) is 14.5 Å². The number of fused-ring (bicyclic) bond motifs is 2. The molecule has 162 valence electrons. The van der Waals surface area contributed by atoms with E-state index in [0.29, 0.717) is 43.9 Å². The molecule has 0 atom stereocenters. The molecule has 8 nitrogen and oxygen atoms in total. The van der Waals surface area contributed by atoms with Gasteiger partial charge in [0.2, 0.25) is 12.7 Å². The van der Waals surface area contributed by atoms with E-state index in [1.54, 1.807) is 6.07 Å². The van der Waals surface area contributed by atoms with Gasteiger partial charge in [0, 0.05) is 56.5 Å². The third-order valence-corrected chi connectivity index (χ3v) is 5.93. The first-order valence-corrected chi connectivity index (χ1v) is 10.6. The monoisotopic (exact) mass is 423 g/mol. The Morgan fingerprint density at radius 3 is 2.71 bits per heavy atom. The summed E-state index contributed by atoms with van der Waals surface area (Å²) in [5.74, 6) is 2.31. The summed E-state index contributed by atoms with van der Waals surface area (Å²) in [5.41, 5.74) is 2.54. The minimum atomic E-state index is 0.0326. The zero-order valence-electron chi connectivity index (χ0n) is 17.3. The first kappa shape index (κ1) is 19.7. The molecule has 0 unspecified atom stereocenters. The molecule has 0 aliphatic carbocycles. The molecular weight excluding hydrogens is 398 g/mol. The van der Waals surface area contributed by atoms with E-state index < -0.39 is 0 Å². The molecule has 31 heavy (non-hydrogen) atoms. The maximum absolute atomic E-state index is 12.9.